The Balaban J connectivity index is 2.21. The van der Waals surface area contributed by atoms with E-state index in [4.69, 9.17) is 5.10 Å². The summed E-state index contributed by atoms with van der Waals surface area (Å²) in [4.78, 5) is 0. The Morgan fingerprint density at radius 2 is 2.06 bits per heavy atom. The largest absolute Gasteiger partial charge is 0.314 e. The van der Waals surface area contributed by atoms with E-state index >= 15 is 0 Å². The molecule has 3 nitrogen and oxygen atoms in total. The maximum absolute atomic E-state index is 4.71. The maximum atomic E-state index is 4.71. The molecule has 1 aliphatic carbocycles. The molecule has 0 amide bonds. The average Bonchev–Trinajstić information content (AvgIpc) is 2.60. The number of nitrogens with one attached hydrogen (secondary N) is 1. The summed E-state index contributed by atoms with van der Waals surface area (Å²) in [7, 11) is 0. The van der Waals surface area contributed by atoms with Gasteiger partial charge < -0.3 is 5.32 Å². The molecule has 3 atom stereocenters. The van der Waals surface area contributed by atoms with E-state index in [1.165, 1.54) is 23.4 Å². The number of rotatable bonds is 4. The molecule has 1 aliphatic rings. The molecule has 1 aromatic rings. The van der Waals surface area contributed by atoms with Crippen LogP contribution >= 0.6 is 0 Å². The van der Waals surface area contributed by atoms with E-state index in [-0.39, 0.29) is 0 Å². The van der Waals surface area contributed by atoms with Gasteiger partial charge in [-0.1, -0.05) is 13.8 Å². The van der Waals surface area contributed by atoms with Gasteiger partial charge in [0.15, 0.2) is 0 Å². The van der Waals surface area contributed by atoms with Gasteiger partial charge >= 0.3 is 0 Å². The molecule has 18 heavy (non-hydrogen) atoms. The van der Waals surface area contributed by atoms with E-state index in [0.717, 1.165) is 12.5 Å². The lowest BCUT2D eigenvalue weighted by Gasteiger charge is -2.43. The predicted molar refractivity (Wildman–Crippen MR) is 76.1 cm³/mol. The molecule has 1 heterocycles. The van der Waals surface area contributed by atoms with Crippen LogP contribution in [0.25, 0.3) is 0 Å². The van der Waals surface area contributed by atoms with Crippen molar-refractivity contribution in [1.29, 1.82) is 0 Å². The van der Waals surface area contributed by atoms with Gasteiger partial charge in [0.1, 0.15) is 0 Å². The molecule has 0 aromatic carbocycles. The van der Waals surface area contributed by atoms with Crippen LogP contribution in [0.1, 0.15) is 63.0 Å². The smallest absolute Gasteiger partial charge is 0.0631 e. The molecule has 0 aliphatic heterocycles. The van der Waals surface area contributed by atoms with Gasteiger partial charge in [-0.25, -0.2) is 0 Å². The Kier molecular flexibility index (Phi) is 3.81. The summed E-state index contributed by atoms with van der Waals surface area (Å²) in [6.45, 7) is 14.4. The summed E-state index contributed by atoms with van der Waals surface area (Å²) in [5.41, 5.74) is 4.10. The number of aromatic nitrogens is 2. The average molecular weight is 249 g/mol. The molecule has 2 rings (SSSR count). The molecule has 1 aromatic heterocycles. The number of nitrogens with zero attached hydrogens (tertiary/aromatic N) is 2. The van der Waals surface area contributed by atoms with Crippen molar-refractivity contribution < 1.29 is 0 Å². The van der Waals surface area contributed by atoms with Crippen LogP contribution in [0, 0.1) is 19.8 Å². The van der Waals surface area contributed by atoms with Crippen molar-refractivity contribution in [3.8, 4) is 0 Å². The molecule has 0 bridgehead atoms. The third-order valence-electron chi connectivity index (χ3n) is 4.48. The van der Waals surface area contributed by atoms with Gasteiger partial charge in [-0.3, -0.25) is 4.68 Å². The number of hydrogen-bond acceptors (Lipinski definition) is 2. The lowest BCUT2D eigenvalue weighted by Crippen LogP contribution is -2.48. The van der Waals surface area contributed by atoms with Gasteiger partial charge in [0.2, 0.25) is 0 Å². The van der Waals surface area contributed by atoms with Crippen LogP contribution in [0.2, 0.25) is 0 Å². The molecule has 1 saturated carbocycles. The molecule has 0 saturated heterocycles. The van der Waals surface area contributed by atoms with Crippen LogP contribution in [-0.4, -0.2) is 22.4 Å². The van der Waals surface area contributed by atoms with Gasteiger partial charge in [-0.05, 0) is 58.1 Å². The van der Waals surface area contributed by atoms with Gasteiger partial charge in [0, 0.05) is 17.8 Å². The standard InChI is InChI=1S/C15H27N3/c1-7-16-14-8-13(10(14)4)15-11(5)17-18(9(2)3)12(15)6/h9-10,13-14,16H,7-8H2,1-6H3. The predicted octanol–water partition coefficient (Wildman–Crippen LogP) is 3.18. The summed E-state index contributed by atoms with van der Waals surface area (Å²) >= 11 is 0. The molecule has 102 valence electrons. The molecule has 1 fully saturated rings. The lowest BCUT2D eigenvalue weighted by molar-refractivity contribution is 0.186. The van der Waals surface area contributed by atoms with Crippen molar-refractivity contribution in [2.75, 3.05) is 6.54 Å². The van der Waals surface area contributed by atoms with Crippen LogP contribution in [0.5, 0.6) is 0 Å². The van der Waals surface area contributed by atoms with Gasteiger partial charge in [0.05, 0.1) is 5.69 Å². The molecular formula is C15H27N3. The summed E-state index contributed by atoms with van der Waals surface area (Å²) < 4.78 is 2.18. The van der Waals surface area contributed by atoms with Crippen LogP contribution in [0.4, 0.5) is 0 Å². The van der Waals surface area contributed by atoms with E-state index in [9.17, 15) is 0 Å². The minimum absolute atomic E-state index is 0.456. The van der Waals surface area contributed by atoms with E-state index in [0.29, 0.717) is 18.0 Å². The van der Waals surface area contributed by atoms with E-state index < -0.39 is 0 Å². The van der Waals surface area contributed by atoms with Crippen molar-refractivity contribution in [3.05, 3.63) is 17.0 Å². The Labute approximate surface area is 111 Å². The van der Waals surface area contributed by atoms with Crippen molar-refractivity contribution in [3.63, 3.8) is 0 Å². The summed E-state index contributed by atoms with van der Waals surface area (Å²) in [5, 5.41) is 8.29. The first kappa shape index (κ1) is 13.6. The lowest BCUT2D eigenvalue weighted by atomic mass is 9.66. The zero-order valence-corrected chi connectivity index (χ0v) is 12.6. The highest BCUT2D eigenvalue weighted by molar-refractivity contribution is 5.32. The zero-order valence-electron chi connectivity index (χ0n) is 12.6. The first-order valence-corrected chi connectivity index (χ1v) is 7.26. The first-order valence-electron chi connectivity index (χ1n) is 7.26. The number of aryl methyl sites for hydroxylation is 1. The first-order chi connectivity index (χ1) is 8.47. The van der Waals surface area contributed by atoms with Gasteiger partial charge in [0.25, 0.3) is 0 Å². The SMILES string of the molecule is CCNC1CC(c2c(C)nn(C(C)C)c2C)C1C. The molecule has 0 radical (unpaired) electrons. The molecule has 3 unspecified atom stereocenters. The third kappa shape index (κ3) is 2.09. The van der Waals surface area contributed by atoms with Crippen LogP contribution in [0.15, 0.2) is 0 Å². The molecule has 3 heteroatoms. The topological polar surface area (TPSA) is 29.9 Å². The Morgan fingerprint density at radius 1 is 1.39 bits per heavy atom. The minimum Gasteiger partial charge on any atom is -0.314 e. The fourth-order valence-electron chi connectivity index (χ4n) is 3.41. The number of hydrogen-bond donors (Lipinski definition) is 1. The third-order valence-corrected chi connectivity index (χ3v) is 4.48. The fraction of sp³-hybridized carbons (Fsp3) is 0.800. The minimum atomic E-state index is 0.456. The second kappa shape index (κ2) is 5.04. The highest BCUT2D eigenvalue weighted by Gasteiger charge is 2.40. The van der Waals surface area contributed by atoms with Crippen molar-refractivity contribution >= 4 is 0 Å². The Bertz CT molecular complexity index is 420. The second-order valence-electron chi connectivity index (χ2n) is 5.99. The molecular weight excluding hydrogens is 222 g/mol. The molecule has 1 N–H and O–H groups in total. The fourth-order valence-corrected chi connectivity index (χ4v) is 3.41. The van der Waals surface area contributed by atoms with E-state index in [1.807, 2.05) is 0 Å². The van der Waals surface area contributed by atoms with Crippen molar-refractivity contribution in [1.82, 2.24) is 15.1 Å². The van der Waals surface area contributed by atoms with E-state index in [2.05, 4.69) is 51.5 Å². The summed E-state index contributed by atoms with van der Waals surface area (Å²) in [5.74, 6) is 1.42. The van der Waals surface area contributed by atoms with Crippen LogP contribution < -0.4 is 5.32 Å². The zero-order chi connectivity index (χ0) is 13.4. The highest BCUT2D eigenvalue weighted by Crippen LogP contribution is 2.44. The normalized spacial score (nSPS) is 27.6. The van der Waals surface area contributed by atoms with Gasteiger partial charge in [-0.2, -0.15) is 5.10 Å². The van der Waals surface area contributed by atoms with E-state index in [1.54, 1.807) is 0 Å². The quantitative estimate of drug-likeness (QED) is 0.888. The Morgan fingerprint density at radius 3 is 2.50 bits per heavy atom. The van der Waals surface area contributed by atoms with Crippen molar-refractivity contribution in [2.45, 2.75) is 66.0 Å². The highest BCUT2D eigenvalue weighted by atomic mass is 15.3. The maximum Gasteiger partial charge on any atom is 0.0631 e. The second-order valence-corrected chi connectivity index (χ2v) is 5.99. The monoisotopic (exact) mass is 249 g/mol. The van der Waals surface area contributed by atoms with Crippen LogP contribution in [0.3, 0.4) is 0 Å². The van der Waals surface area contributed by atoms with Gasteiger partial charge in [-0.15, -0.1) is 0 Å². The summed E-state index contributed by atoms with van der Waals surface area (Å²) in [6, 6.07) is 1.15. The molecule has 0 spiro atoms. The van der Waals surface area contributed by atoms with Crippen molar-refractivity contribution in [2.24, 2.45) is 5.92 Å². The summed E-state index contributed by atoms with van der Waals surface area (Å²) in [6.07, 6.45) is 1.26. The van der Waals surface area contributed by atoms with Crippen LogP contribution in [-0.2, 0) is 0 Å². The Hall–Kier alpha value is -0.830.